The van der Waals surface area contributed by atoms with E-state index in [4.69, 9.17) is 0 Å². The summed E-state index contributed by atoms with van der Waals surface area (Å²) < 4.78 is 1.22. The third-order valence-electron chi connectivity index (χ3n) is 3.40. The molecule has 0 bridgehead atoms. The van der Waals surface area contributed by atoms with E-state index in [1.54, 1.807) is 0 Å². The molecule has 0 aliphatic carbocycles. The summed E-state index contributed by atoms with van der Waals surface area (Å²) in [5.41, 5.74) is 4.46. The minimum absolute atomic E-state index is 0.675. The predicted octanol–water partition coefficient (Wildman–Crippen LogP) is 2.48. The zero-order valence-corrected chi connectivity index (χ0v) is 10.5. The van der Waals surface area contributed by atoms with Crippen molar-refractivity contribution >= 4 is 21.6 Å². The van der Waals surface area contributed by atoms with Gasteiger partial charge in [0.25, 0.3) is 0 Å². The van der Waals surface area contributed by atoms with Crippen LogP contribution in [0, 0.1) is 0 Å². The van der Waals surface area contributed by atoms with Gasteiger partial charge in [-0.3, -0.25) is 0 Å². The van der Waals surface area contributed by atoms with E-state index in [0.717, 1.165) is 19.6 Å². The third-order valence-corrected chi connectivity index (χ3v) is 3.86. The lowest BCUT2D eigenvalue weighted by Crippen LogP contribution is -2.27. The van der Waals surface area contributed by atoms with Gasteiger partial charge in [0, 0.05) is 42.3 Å². The van der Waals surface area contributed by atoms with E-state index in [-0.39, 0.29) is 0 Å². The highest BCUT2D eigenvalue weighted by Crippen LogP contribution is 2.41. The molecule has 0 saturated heterocycles. The molecule has 0 aromatic heterocycles. The van der Waals surface area contributed by atoms with Crippen LogP contribution in [0.3, 0.4) is 0 Å². The van der Waals surface area contributed by atoms with Crippen LogP contribution in [0.15, 0.2) is 16.6 Å². The number of anilines is 1. The molecule has 80 valence electrons. The van der Waals surface area contributed by atoms with E-state index in [1.807, 2.05) is 0 Å². The van der Waals surface area contributed by atoms with Gasteiger partial charge in [-0.1, -0.05) is 22.9 Å². The molecule has 0 radical (unpaired) electrons. The fourth-order valence-electron chi connectivity index (χ4n) is 2.74. The molecule has 0 spiro atoms. The van der Waals surface area contributed by atoms with Crippen LogP contribution in [0.2, 0.25) is 0 Å². The smallest absolute Gasteiger partial charge is 0.0449 e. The Morgan fingerprint density at radius 3 is 3.20 bits per heavy atom. The number of halogens is 1. The second-order valence-electron chi connectivity index (χ2n) is 4.53. The monoisotopic (exact) mass is 266 g/mol. The van der Waals surface area contributed by atoms with Crippen LogP contribution in [-0.4, -0.2) is 19.6 Å². The molecule has 1 unspecified atom stereocenters. The molecule has 2 heterocycles. The molecule has 0 amide bonds. The van der Waals surface area contributed by atoms with Crippen molar-refractivity contribution in [3.05, 3.63) is 27.7 Å². The van der Waals surface area contributed by atoms with Gasteiger partial charge in [-0.15, -0.1) is 0 Å². The van der Waals surface area contributed by atoms with Gasteiger partial charge in [0.1, 0.15) is 0 Å². The van der Waals surface area contributed by atoms with E-state index in [0.29, 0.717) is 5.92 Å². The second-order valence-corrected chi connectivity index (χ2v) is 5.44. The summed E-state index contributed by atoms with van der Waals surface area (Å²) in [5, 5.41) is 3.47. The minimum Gasteiger partial charge on any atom is -0.369 e. The molecule has 15 heavy (non-hydrogen) atoms. The zero-order chi connectivity index (χ0) is 10.4. The number of nitrogens with one attached hydrogen (secondary N) is 1. The molecule has 0 fully saturated rings. The lowest BCUT2D eigenvalue weighted by molar-refractivity contribution is 0.674. The molecular weight excluding hydrogens is 252 g/mol. The average molecular weight is 267 g/mol. The van der Waals surface area contributed by atoms with Crippen molar-refractivity contribution in [2.75, 3.05) is 24.5 Å². The summed E-state index contributed by atoms with van der Waals surface area (Å²) >= 11 is 3.61. The van der Waals surface area contributed by atoms with Gasteiger partial charge >= 0.3 is 0 Å². The van der Waals surface area contributed by atoms with Gasteiger partial charge in [0.15, 0.2) is 0 Å². The van der Waals surface area contributed by atoms with Crippen molar-refractivity contribution in [1.82, 2.24) is 5.32 Å². The fraction of sp³-hybridized carbons (Fsp3) is 0.500. The van der Waals surface area contributed by atoms with Gasteiger partial charge in [-0.05, 0) is 23.3 Å². The number of benzene rings is 1. The maximum Gasteiger partial charge on any atom is 0.0449 e. The van der Waals surface area contributed by atoms with Crippen LogP contribution in [0.5, 0.6) is 0 Å². The maximum absolute atomic E-state index is 3.61. The molecule has 2 nitrogen and oxygen atoms in total. The van der Waals surface area contributed by atoms with Crippen molar-refractivity contribution in [2.24, 2.45) is 0 Å². The van der Waals surface area contributed by atoms with Gasteiger partial charge < -0.3 is 10.2 Å². The van der Waals surface area contributed by atoms with Crippen LogP contribution in [0.1, 0.15) is 24.0 Å². The molecule has 2 aliphatic rings. The molecule has 3 rings (SSSR count). The van der Waals surface area contributed by atoms with Crippen LogP contribution >= 0.6 is 15.9 Å². The lowest BCUT2D eigenvalue weighted by atomic mass is 10.0. The van der Waals surface area contributed by atoms with Crippen molar-refractivity contribution in [1.29, 1.82) is 0 Å². The van der Waals surface area contributed by atoms with Crippen LogP contribution in [0.25, 0.3) is 0 Å². The summed E-state index contributed by atoms with van der Waals surface area (Å²) in [5.74, 6) is 0.675. The summed E-state index contributed by atoms with van der Waals surface area (Å²) in [6.07, 6.45) is 0. The molecule has 1 atom stereocenters. The summed E-state index contributed by atoms with van der Waals surface area (Å²) in [6.45, 7) is 6.75. The molecule has 3 heteroatoms. The summed E-state index contributed by atoms with van der Waals surface area (Å²) in [7, 11) is 0. The van der Waals surface area contributed by atoms with Crippen LogP contribution in [-0.2, 0) is 6.54 Å². The number of hydrogen-bond donors (Lipinski definition) is 1. The summed E-state index contributed by atoms with van der Waals surface area (Å²) in [4.78, 5) is 2.53. The first kappa shape index (κ1) is 9.67. The molecule has 1 N–H and O–H groups in total. The van der Waals surface area contributed by atoms with E-state index < -0.39 is 0 Å². The molecule has 1 aromatic rings. The highest BCUT2D eigenvalue weighted by atomic mass is 79.9. The lowest BCUT2D eigenvalue weighted by Gasteiger charge is -2.18. The number of nitrogens with zero attached hydrogens (tertiary/aromatic N) is 1. The first-order chi connectivity index (χ1) is 7.25. The van der Waals surface area contributed by atoms with Crippen molar-refractivity contribution in [3.63, 3.8) is 0 Å². The molecule has 0 saturated carbocycles. The van der Waals surface area contributed by atoms with E-state index in [1.165, 1.54) is 27.8 Å². The van der Waals surface area contributed by atoms with Crippen molar-refractivity contribution < 1.29 is 0 Å². The quantitative estimate of drug-likeness (QED) is 0.776. The highest BCUT2D eigenvalue weighted by molar-refractivity contribution is 9.10. The molecule has 2 aliphatic heterocycles. The van der Waals surface area contributed by atoms with Gasteiger partial charge in [0.05, 0.1) is 0 Å². The minimum atomic E-state index is 0.675. The van der Waals surface area contributed by atoms with Crippen LogP contribution in [0.4, 0.5) is 5.69 Å². The third kappa shape index (κ3) is 1.49. The molecule has 1 aromatic carbocycles. The summed E-state index contributed by atoms with van der Waals surface area (Å²) in [6, 6.07) is 4.54. The highest BCUT2D eigenvalue weighted by Gasteiger charge is 2.29. The number of rotatable bonds is 0. The topological polar surface area (TPSA) is 15.3 Å². The average Bonchev–Trinajstić information content (AvgIpc) is 2.40. The van der Waals surface area contributed by atoms with Crippen molar-refractivity contribution in [2.45, 2.75) is 19.4 Å². The largest absolute Gasteiger partial charge is 0.369 e. The SMILES string of the molecule is CC1CN2CCNCc3cc(Br)cc1c32. The molecular formula is C12H15BrN2. The Labute approximate surface area is 98.8 Å². The van der Waals surface area contributed by atoms with Crippen LogP contribution < -0.4 is 10.2 Å². The second kappa shape index (κ2) is 3.49. The Morgan fingerprint density at radius 1 is 1.47 bits per heavy atom. The van der Waals surface area contributed by atoms with Gasteiger partial charge in [0.2, 0.25) is 0 Å². The van der Waals surface area contributed by atoms with Gasteiger partial charge in [-0.2, -0.15) is 0 Å². The Bertz CT molecular complexity index is 403. The normalized spacial score (nSPS) is 23.9. The zero-order valence-electron chi connectivity index (χ0n) is 8.89. The Morgan fingerprint density at radius 2 is 2.33 bits per heavy atom. The van der Waals surface area contributed by atoms with Gasteiger partial charge in [-0.25, -0.2) is 0 Å². The van der Waals surface area contributed by atoms with E-state index in [9.17, 15) is 0 Å². The number of hydrogen-bond acceptors (Lipinski definition) is 2. The first-order valence-corrected chi connectivity index (χ1v) is 6.33. The fourth-order valence-corrected chi connectivity index (χ4v) is 3.26. The predicted molar refractivity (Wildman–Crippen MR) is 66.5 cm³/mol. The Kier molecular flexibility index (Phi) is 2.25. The maximum atomic E-state index is 3.61. The Hall–Kier alpha value is -0.540. The standard InChI is InChI=1S/C12H15BrN2/c1-8-7-15-3-2-14-6-9-4-10(13)5-11(8)12(9)15/h4-5,8,14H,2-3,6-7H2,1H3. The van der Waals surface area contributed by atoms with Crippen molar-refractivity contribution in [3.8, 4) is 0 Å². The first-order valence-electron chi connectivity index (χ1n) is 5.53. The van der Waals surface area contributed by atoms with E-state index in [2.05, 4.69) is 45.2 Å². The Balaban J connectivity index is 2.20. The van der Waals surface area contributed by atoms with E-state index >= 15 is 0 Å².